The minimum absolute atomic E-state index is 0.303. The number of anilines is 2. The number of nitrogens with two attached hydrogens (primary N) is 1. The van der Waals surface area contributed by atoms with Crippen molar-refractivity contribution >= 4 is 29.2 Å². The Balaban J connectivity index is 1.97. The first-order valence-corrected chi connectivity index (χ1v) is 11.1. The SMILES string of the molecule is CC(C(=O)N(c1ccccc1)C(C)C(=O)O)N(C(=O)C(N)Cc1ccccc1)c1ccccc1. The molecular formula is C27H29N3O4. The fraction of sp³-hybridized carbons (Fsp3) is 0.222. The second-order valence-electron chi connectivity index (χ2n) is 8.07. The summed E-state index contributed by atoms with van der Waals surface area (Å²) >= 11 is 0. The van der Waals surface area contributed by atoms with E-state index in [9.17, 15) is 19.5 Å². The normalized spacial score (nSPS) is 13.4. The van der Waals surface area contributed by atoms with Crippen molar-refractivity contribution in [2.24, 2.45) is 5.73 Å². The minimum atomic E-state index is -1.15. The molecule has 3 N–H and O–H groups in total. The Labute approximate surface area is 199 Å². The van der Waals surface area contributed by atoms with Crippen molar-refractivity contribution in [1.29, 1.82) is 0 Å². The molecule has 3 rings (SSSR count). The highest BCUT2D eigenvalue weighted by Gasteiger charge is 2.36. The molecule has 0 saturated carbocycles. The van der Waals surface area contributed by atoms with E-state index in [2.05, 4.69) is 0 Å². The van der Waals surface area contributed by atoms with Gasteiger partial charge in [0.2, 0.25) is 5.91 Å². The van der Waals surface area contributed by atoms with E-state index in [-0.39, 0.29) is 0 Å². The number of amides is 2. The second kappa shape index (κ2) is 11.2. The number of nitrogens with zero attached hydrogens (tertiary/aromatic N) is 2. The van der Waals surface area contributed by atoms with Gasteiger partial charge in [0.25, 0.3) is 5.91 Å². The molecule has 0 spiro atoms. The molecule has 0 saturated heterocycles. The zero-order chi connectivity index (χ0) is 24.7. The van der Waals surface area contributed by atoms with Gasteiger partial charge >= 0.3 is 5.97 Å². The van der Waals surface area contributed by atoms with Crippen LogP contribution in [0.4, 0.5) is 11.4 Å². The number of rotatable bonds is 9. The third-order valence-electron chi connectivity index (χ3n) is 5.65. The molecule has 3 atom stereocenters. The Kier molecular flexibility index (Phi) is 8.16. The highest BCUT2D eigenvalue weighted by molar-refractivity contribution is 6.09. The largest absolute Gasteiger partial charge is 0.480 e. The van der Waals surface area contributed by atoms with Gasteiger partial charge in [0.15, 0.2) is 0 Å². The monoisotopic (exact) mass is 459 g/mol. The molecule has 34 heavy (non-hydrogen) atoms. The molecule has 7 nitrogen and oxygen atoms in total. The molecule has 2 amide bonds. The van der Waals surface area contributed by atoms with E-state index in [4.69, 9.17) is 5.73 Å². The molecule has 0 fully saturated rings. The molecule has 7 heteroatoms. The zero-order valence-corrected chi connectivity index (χ0v) is 19.2. The average molecular weight is 460 g/mol. The Bertz CT molecular complexity index is 1110. The van der Waals surface area contributed by atoms with Crippen LogP contribution in [0.2, 0.25) is 0 Å². The topological polar surface area (TPSA) is 104 Å². The number of carbonyl (C=O) groups is 3. The number of carbonyl (C=O) groups excluding carboxylic acids is 2. The lowest BCUT2D eigenvalue weighted by molar-refractivity contribution is -0.139. The van der Waals surface area contributed by atoms with Gasteiger partial charge in [-0.1, -0.05) is 66.7 Å². The first kappa shape index (κ1) is 24.7. The third kappa shape index (κ3) is 5.68. The van der Waals surface area contributed by atoms with Gasteiger partial charge in [0.05, 0.1) is 6.04 Å². The highest BCUT2D eigenvalue weighted by atomic mass is 16.4. The van der Waals surface area contributed by atoms with E-state index < -0.39 is 35.9 Å². The molecule has 0 bridgehead atoms. The van der Waals surface area contributed by atoms with Crippen molar-refractivity contribution in [1.82, 2.24) is 0 Å². The quantitative estimate of drug-likeness (QED) is 0.510. The maximum absolute atomic E-state index is 13.7. The maximum Gasteiger partial charge on any atom is 0.326 e. The van der Waals surface area contributed by atoms with Gasteiger partial charge in [-0.15, -0.1) is 0 Å². The molecule has 3 unspecified atom stereocenters. The van der Waals surface area contributed by atoms with Crippen LogP contribution in [-0.2, 0) is 20.8 Å². The van der Waals surface area contributed by atoms with Crippen molar-refractivity contribution in [3.8, 4) is 0 Å². The lowest BCUT2D eigenvalue weighted by Crippen LogP contribution is -2.57. The standard InChI is InChI=1S/C27H29N3O4/c1-19(25(31)30(20(2)27(33)34)23-16-10-5-11-17-23)29(22-14-8-4-9-15-22)26(32)24(28)18-21-12-6-3-7-13-21/h3-17,19-20,24H,18,28H2,1-2H3,(H,33,34). The summed E-state index contributed by atoms with van der Waals surface area (Å²) in [5, 5.41) is 9.67. The summed E-state index contributed by atoms with van der Waals surface area (Å²) < 4.78 is 0. The Morgan fingerprint density at radius 3 is 1.56 bits per heavy atom. The van der Waals surface area contributed by atoms with Crippen molar-refractivity contribution in [2.75, 3.05) is 9.80 Å². The third-order valence-corrected chi connectivity index (χ3v) is 5.65. The number of para-hydroxylation sites is 2. The number of carboxylic acids is 1. The van der Waals surface area contributed by atoms with Gasteiger partial charge in [-0.3, -0.25) is 19.4 Å². The predicted molar refractivity (Wildman–Crippen MR) is 133 cm³/mol. The fourth-order valence-corrected chi connectivity index (χ4v) is 3.82. The average Bonchev–Trinajstić information content (AvgIpc) is 2.86. The summed E-state index contributed by atoms with van der Waals surface area (Å²) in [5.74, 6) is -2.10. The van der Waals surface area contributed by atoms with E-state index in [1.807, 2.05) is 36.4 Å². The molecule has 3 aromatic carbocycles. The van der Waals surface area contributed by atoms with Crippen molar-refractivity contribution < 1.29 is 19.5 Å². The Hall–Kier alpha value is -3.97. The van der Waals surface area contributed by atoms with Crippen LogP contribution in [0.1, 0.15) is 19.4 Å². The highest BCUT2D eigenvalue weighted by Crippen LogP contribution is 2.24. The molecule has 0 aromatic heterocycles. The first-order chi connectivity index (χ1) is 16.3. The zero-order valence-electron chi connectivity index (χ0n) is 19.2. The lowest BCUT2D eigenvalue weighted by atomic mass is 10.0. The molecule has 176 valence electrons. The van der Waals surface area contributed by atoms with Crippen molar-refractivity contribution in [3.63, 3.8) is 0 Å². The van der Waals surface area contributed by atoms with Crippen molar-refractivity contribution in [3.05, 3.63) is 96.6 Å². The summed E-state index contributed by atoms with van der Waals surface area (Å²) in [5.41, 5.74) is 8.15. The van der Waals surface area contributed by atoms with E-state index >= 15 is 0 Å². The predicted octanol–water partition coefficient (Wildman–Crippen LogP) is 3.48. The van der Waals surface area contributed by atoms with Crippen molar-refractivity contribution in [2.45, 2.75) is 38.4 Å². The number of carboxylic acid groups (broad SMARTS) is 1. The van der Waals surface area contributed by atoms with Gasteiger partial charge in [-0.2, -0.15) is 0 Å². The lowest BCUT2D eigenvalue weighted by Gasteiger charge is -2.35. The van der Waals surface area contributed by atoms with Gasteiger partial charge < -0.3 is 10.8 Å². The van der Waals surface area contributed by atoms with Crippen LogP contribution in [0, 0.1) is 0 Å². The number of hydrogen-bond donors (Lipinski definition) is 2. The van der Waals surface area contributed by atoms with Gasteiger partial charge in [-0.25, -0.2) is 4.79 Å². The molecular weight excluding hydrogens is 430 g/mol. The van der Waals surface area contributed by atoms with E-state index in [0.717, 1.165) is 5.56 Å². The van der Waals surface area contributed by atoms with Gasteiger partial charge in [0.1, 0.15) is 12.1 Å². The van der Waals surface area contributed by atoms with E-state index in [1.54, 1.807) is 61.5 Å². The first-order valence-electron chi connectivity index (χ1n) is 11.1. The van der Waals surface area contributed by atoms with Crippen LogP contribution >= 0.6 is 0 Å². The molecule has 0 aliphatic carbocycles. The summed E-state index contributed by atoms with van der Waals surface area (Å²) in [6.45, 7) is 3.03. The van der Waals surface area contributed by atoms with Crippen LogP contribution < -0.4 is 15.5 Å². The fourth-order valence-electron chi connectivity index (χ4n) is 3.82. The Morgan fingerprint density at radius 1 is 0.706 bits per heavy atom. The maximum atomic E-state index is 13.7. The summed E-state index contributed by atoms with van der Waals surface area (Å²) in [7, 11) is 0. The molecule has 0 aliphatic rings. The van der Waals surface area contributed by atoms with Crippen LogP contribution in [-0.4, -0.2) is 41.0 Å². The van der Waals surface area contributed by atoms with Crippen LogP contribution in [0.3, 0.4) is 0 Å². The van der Waals surface area contributed by atoms with E-state index in [0.29, 0.717) is 17.8 Å². The molecule has 0 radical (unpaired) electrons. The van der Waals surface area contributed by atoms with Crippen LogP contribution in [0.25, 0.3) is 0 Å². The van der Waals surface area contributed by atoms with Gasteiger partial charge in [0, 0.05) is 11.4 Å². The summed E-state index contributed by atoms with van der Waals surface area (Å²) in [4.78, 5) is 41.7. The second-order valence-corrected chi connectivity index (χ2v) is 8.07. The number of benzene rings is 3. The number of aliphatic carboxylic acids is 1. The van der Waals surface area contributed by atoms with E-state index in [1.165, 1.54) is 16.7 Å². The van der Waals surface area contributed by atoms with Gasteiger partial charge in [-0.05, 0) is 50.1 Å². The van der Waals surface area contributed by atoms with Crippen LogP contribution in [0.15, 0.2) is 91.0 Å². The summed E-state index contributed by atoms with van der Waals surface area (Å²) in [6, 6.07) is 23.8. The molecule has 0 aliphatic heterocycles. The summed E-state index contributed by atoms with van der Waals surface area (Å²) in [6.07, 6.45) is 0.303. The number of hydrogen-bond acceptors (Lipinski definition) is 4. The minimum Gasteiger partial charge on any atom is -0.480 e. The van der Waals surface area contributed by atoms with Crippen LogP contribution in [0.5, 0.6) is 0 Å². The Morgan fingerprint density at radius 2 is 1.12 bits per heavy atom. The smallest absolute Gasteiger partial charge is 0.326 e. The molecule has 3 aromatic rings. The molecule has 0 heterocycles.